The Morgan fingerprint density at radius 2 is 1.53 bits per heavy atom. The van der Waals surface area contributed by atoms with Gasteiger partial charge in [-0.2, -0.15) is 0 Å². The van der Waals surface area contributed by atoms with E-state index in [9.17, 15) is 0 Å². The van der Waals surface area contributed by atoms with Crippen LogP contribution < -0.4 is 5.30 Å². The Hall–Kier alpha value is -0.390. The molecule has 0 radical (unpaired) electrons. The molecule has 0 aromatic heterocycles. The van der Waals surface area contributed by atoms with Gasteiger partial charge in [0.15, 0.2) is 0 Å². The summed E-state index contributed by atoms with van der Waals surface area (Å²) in [4.78, 5) is 0. The third kappa shape index (κ3) is 3.03. The summed E-state index contributed by atoms with van der Waals surface area (Å²) in [6.07, 6.45) is 4.91. The van der Waals surface area contributed by atoms with Crippen molar-refractivity contribution in [1.29, 1.82) is 0 Å². The summed E-state index contributed by atoms with van der Waals surface area (Å²) in [6.45, 7) is 4.50. The first-order chi connectivity index (χ1) is 7.29. The third-order valence-electron chi connectivity index (χ3n) is 3.00. The topological polar surface area (TPSA) is 9.23 Å². The molecule has 86 valence electrons. The molecule has 0 spiro atoms. The van der Waals surface area contributed by atoms with Crippen molar-refractivity contribution in [1.82, 2.24) is 0 Å². The van der Waals surface area contributed by atoms with E-state index in [1.165, 1.54) is 30.5 Å². The summed E-state index contributed by atoms with van der Waals surface area (Å²) in [6, 6.07) is 10.8. The van der Waals surface area contributed by atoms with Crippen LogP contribution in [0.5, 0.6) is 0 Å². The SMILES string of the molecule is CCC[PH](CCC)(OC)c1ccccc1. The Morgan fingerprint density at radius 3 is 1.93 bits per heavy atom. The molecule has 0 heterocycles. The van der Waals surface area contributed by atoms with Crippen LogP contribution in [0.4, 0.5) is 0 Å². The van der Waals surface area contributed by atoms with E-state index < -0.39 is 7.49 Å². The predicted octanol–water partition coefficient (Wildman–Crippen LogP) is 3.44. The summed E-state index contributed by atoms with van der Waals surface area (Å²) in [7, 11) is 0.248. The average Bonchev–Trinajstić information content (AvgIpc) is 2.30. The fraction of sp³-hybridized carbons (Fsp3) is 0.538. The molecule has 0 aliphatic heterocycles. The van der Waals surface area contributed by atoms with E-state index in [1.54, 1.807) is 0 Å². The molecule has 0 aliphatic rings. The molecular formula is C13H23OP. The van der Waals surface area contributed by atoms with Crippen LogP contribution in [0.3, 0.4) is 0 Å². The van der Waals surface area contributed by atoms with E-state index in [0.717, 1.165) is 0 Å². The molecule has 1 rings (SSSR count). The van der Waals surface area contributed by atoms with Gasteiger partial charge in [0.2, 0.25) is 0 Å². The number of benzene rings is 1. The van der Waals surface area contributed by atoms with Crippen LogP contribution in [0.1, 0.15) is 26.7 Å². The van der Waals surface area contributed by atoms with Crippen molar-refractivity contribution in [2.24, 2.45) is 0 Å². The Labute approximate surface area is 94.3 Å². The first kappa shape index (κ1) is 12.7. The molecule has 0 fully saturated rings. The van der Waals surface area contributed by atoms with Gasteiger partial charge in [-0.1, -0.05) is 0 Å². The molecule has 2 heteroatoms. The van der Waals surface area contributed by atoms with Crippen molar-refractivity contribution in [2.45, 2.75) is 26.7 Å². The number of hydrogen-bond acceptors (Lipinski definition) is 1. The van der Waals surface area contributed by atoms with Gasteiger partial charge in [-0.05, 0) is 0 Å². The minimum absolute atomic E-state index is 1.22. The van der Waals surface area contributed by atoms with Crippen LogP contribution >= 0.6 is 7.49 Å². The number of hydrogen-bond donors (Lipinski definition) is 0. The molecule has 0 bridgehead atoms. The Kier molecular flexibility index (Phi) is 5.28. The van der Waals surface area contributed by atoms with Gasteiger partial charge in [0, 0.05) is 0 Å². The minimum atomic E-state index is -1.65. The van der Waals surface area contributed by atoms with Crippen LogP contribution in [0.25, 0.3) is 0 Å². The molecule has 0 N–H and O–H groups in total. The molecule has 0 unspecified atom stereocenters. The van der Waals surface area contributed by atoms with Gasteiger partial charge in [-0.25, -0.2) is 0 Å². The zero-order chi connectivity index (χ0) is 11.1. The van der Waals surface area contributed by atoms with Crippen molar-refractivity contribution in [3.05, 3.63) is 30.3 Å². The summed E-state index contributed by atoms with van der Waals surface area (Å²) >= 11 is 0. The van der Waals surface area contributed by atoms with Crippen LogP contribution in [-0.2, 0) is 4.52 Å². The van der Waals surface area contributed by atoms with Gasteiger partial charge in [0.25, 0.3) is 0 Å². The van der Waals surface area contributed by atoms with E-state index in [1.807, 2.05) is 7.11 Å². The standard InChI is InChI=1S/C13H23OP/c1-4-11-15(14-3,12-5-2)13-9-7-6-8-10-13/h6-10,15H,4-5,11-12H2,1-3H3. The Bertz CT molecular complexity index is 265. The second-order valence-electron chi connectivity index (χ2n) is 4.06. The van der Waals surface area contributed by atoms with Gasteiger partial charge >= 0.3 is 93.8 Å². The zero-order valence-corrected chi connectivity index (χ0v) is 11.1. The second-order valence-corrected chi connectivity index (χ2v) is 8.04. The maximum atomic E-state index is 5.94. The average molecular weight is 226 g/mol. The fourth-order valence-electron chi connectivity index (χ4n) is 2.29. The van der Waals surface area contributed by atoms with Crippen molar-refractivity contribution >= 4 is 12.8 Å². The summed E-state index contributed by atoms with van der Waals surface area (Å²) in [5.41, 5.74) is 0. The molecule has 1 nitrogen and oxygen atoms in total. The van der Waals surface area contributed by atoms with Crippen LogP contribution in [-0.4, -0.2) is 19.4 Å². The normalized spacial score (nSPS) is 12.7. The predicted molar refractivity (Wildman–Crippen MR) is 71.7 cm³/mol. The summed E-state index contributed by atoms with van der Waals surface area (Å²) < 4.78 is 5.94. The summed E-state index contributed by atoms with van der Waals surface area (Å²) in [5.74, 6) is 0. The van der Waals surface area contributed by atoms with Gasteiger partial charge in [-0.15, -0.1) is 0 Å². The molecule has 0 atom stereocenters. The zero-order valence-electron chi connectivity index (χ0n) is 10.1. The van der Waals surface area contributed by atoms with E-state index in [-0.39, 0.29) is 0 Å². The molecule has 0 aliphatic carbocycles. The first-order valence-electron chi connectivity index (χ1n) is 5.89. The fourth-order valence-corrected chi connectivity index (χ4v) is 6.17. The second kappa shape index (κ2) is 6.25. The van der Waals surface area contributed by atoms with Crippen molar-refractivity contribution in [2.75, 3.05) is 19.4 Å². The van der Waals surface area contributed by atoms with Crippen LogP contribution in [0.2, 0.25) is 0 Å². The molecule has 1 aromatic rings. The van der Waals surface area contributed by atoms with Crippen molar-refractivity contribution < 1.29 is 4.52 Å². The Morgan fingerprint density at radius 1 is 1.00 bits per heavy atom. The number of rotatable bonds is 6. The van der Waals surface area contributed by atoms with Gasteiger partial charge in [0.05, 0.1) is 0 Å². The van der Waals surface area contributed by atoms with Gasteiger partial charge < -0.3 is 0 Å². The monoisotopic (exact) mass is 226 g/mol. The van der Waals surface area contributed by atoms with E-state index >= 15 is 0 Å². The van der Waals surface area contributed by atoms with E-state index in [0.29, 0.717) is 0 Å². The van der Waals surface area contributed by atoms with Crippen LogP contribution in [0.15, 0.2) is 30.3 Å². The van der Waals surface area contributed by atoms with E-state index in [2.05, 4.69) is 44.2 Å². The van der Waals surface area contributed by atoms with Crippen molar-refractivity contribution in [3.63, 3.8) is 0 Å². The van der Waals surface area contributed by atoms with E-state index in [4.69, 9.17) is 4.52 Å². The third-order valence-corrected chi connectivity index (χ3v) is 7.78. The molecular weight excluding hydrogens is 203 g/mol. The van der Waals surface area contributed by atoms with Crippen molar-refractivity contribution in [3.8, 4) is 0 Å². The molecule has 0 saturated heterocycles. The summed E-state index contributed by atoms with van der Waals surface area (Å²) in [5, 5.41) is 1.45. The quantitative estimate of drug-likeness (QED) is 0.675. The molecule has 0 saturated carbocycles. The maximum absolute atomic E-state index is 5.94. The Balaban J connectivity index is 2.97. The first-order valence-corrected chi connectivity index (χ1v) is 8.22. The van der Waals surface area contributed by atoms with Gasteiger partial charge in [-0.3, -0.25) is 0 Å². The molecule has 1 aromatic carbocycles. The molecule has 0 amide bonds. The molecule has 15 heavy (non-hydrogen) atoms. The van der Waals surface area contributed by atoms with Crippen LogP contribution in [0, 0.1) is 0 Å². The van der Waals surface area contributed by atoms with Gasteiger partial charge in [0.1, 0.15) is 0 Å².